The van der Waals surface area contributed by atoms with Gasteiger partial charge in [0.05, 0.1) is 11.5 Å². The highest BCUT2D eigenvalue weighted by Gasteiger charge is 2.19. The summed E-state index contributed by atoms with van der Waals surface area (Å²) in [6.07, 6.45) is 1.55. The van der Waals surface area contributed by atoms with Gasteiger partial charge in [-0.2, -0.15) is 0 Å². The number of hydrogen-bond donors (Lipinski definition) is 2. The lowest BCUT2D eigenvalue weighted by atomic mass is 10.00. The van der Waals surface area contributed by atoms with Gasteiger partial charge in [-0.25, -0.2) is 0 Å². The first-order chi connectivity index (χ1) is 12.5. The summed E-state index contributed by atoms with van der Waals surface area (Å²) in [6.45, 7) is 7.33. The minimum atomic E-state index is -0.748. The smallest absolute Gasteiger partial charge is 0.269 e. The number of rotatable bonds is 7. The fourth-order valence-corrected chi connectivity index (χ4v) is 2.75. The van der Waals surface area contributed by atoms with Crippen LogP contribution in [-0.4, -0.2) is 59.8 Å². The molecule has 1 aliphatic heterocycles. The lowest BCUT2D eigenvalue weighted by molar-refractivity contribution is -0.384. The number of hydrogen-bond acceptors (Lipinski definition) is 5. The number of nitro benzene ring substituents is 1. The predicted molar refractivity (Wildman–Crippen MR) is 116 cm³/mol. The maximum Gasteiger partial charge on any atom is 0.269 e. The molecule has 0 spiro atoms. The van der Waals surface area contributed by atoms with Crippen LogP contribution in [0.2, 0.25) is 0 Å². The van der Waals surface area contributed by atoms with E-state index in [0.29, 0.717) is 5.75 Å². The summed E-state index contributed by atoms with van der Waals surface area (Å²) >= 11 is 0. The number of aliphatic hydroxyl groups is 1. The van der Waals surface area contributed by atoms with Crippen molar-refractivity contribution in [3.63, 3.8) is 0 Å². The summed E-state index contributed by atoms with van der Waals surface area (Å²) in [5.41, 5.74) is 0.00799. The summed E-state index contributed by atoms with van der Waals surface area (Å²) in [7, 11) is 0. The Morgan fingerprint density at radius 2 is 2.04 bits per heavy atom. The second-order valence-electron chi connectivity index (χ2n) is 6.58. The average molecular weight is 492 g/mol. The molecule has 1 aromatic rings. The third-order valence-electron chi connectivity index (χ3n) is 4.36. The molecular weight excluding hydrogens is 463 g/mol. The van der Waals surface area contributed by atoms with Crippen LogP contribution in [0.5, 0.6) is 5.75 Å². The second-order valence-corrected chi connectivity index (χ2v) is 6.58. The van der Waals surface area contributed by atoms with Gasteiger partial charge in [0.15, 0.2) is 5.96 Å². The Kier molecular flexibility index (Phi) is 10.4. The van der Waals surface area contributed by atoms with Gasteiger partial charge >= 0.3 is 0 Å². The molecule has 0 saturated carbocycles. The van der Waals surface area contributed by atoms with Gasteiger partial charge in [0.1, 0.15) is 18.5 Å². The van der Waals surface area contributed by atoms with E-state index >= 15 is 0 Å². The number of nitrogens with one attached hydrogen (secondary N) is 1. The molecule has 1 fully saturated rings. The Bertz CT molecular complexity index is 604. The van der Waals surface area contributed by atoms with Gasteiger partial charge in [-0.05, 0) is 37.8 Å². The number of piperidine rings is 1. The molecule has 0 amide bonds. The lowest BCUT2D eigenvalue weighted by Crippen LogP contribution is -2.45. The van der Waals surface area contributed by atoms with Crippen molar-refractivity contribution in [1.82, 2.24) is 10.2 Å². The van der Waals surface area contributed by atoms with Crippen molar-refractivity contribution in [2.24, 2.45) is 10.9 Å². The first kappa shape index (κ1) is 23.4. The van der Waals surface area contributed by atoms with Crippen LogP contribution in [0.15, 0.2) is 29.3 Å². The molecule has 1 heterocycles. The van der Waals surface area contributed by atoms with Crippen molar-refractivity contribution in [2.45, 2.75) is 32.8 Å². The quantitative estimate of drug-likeness (QED) is 0.200. The highest BCUT2D eigenvalue weighted by atomic mass is 127. The first-order valence-electron chi connectivity index (χ1n) is 9.08. The third kappa shape index (κ3) is 7.87. The molecule has 152 valence electrons. The van der Waals surface area contributed by atoms with E-state index in [4.69, 9.17) is 4.74 Å². The third-order valence-corrected chi connectivity index (χ3v) is 4.36. The summed E-state index contributed by atoms with van der Waals surface area (Å²) in [5, 5.41) is 24.0. The highest BCUT2D eigenvalue weighted by molar-refractivity contribution is 14.0. The van der Waals surface area contributed by atoms with Crippen molar-refractivity contribution in [3.8, 4) is 5.75 Å². The molecule has 0 radical (unpaired) electrons. The molecule has 1 saturated heterocycles. The molecule has 0 aromatic heterocycles. The van der Waals surface area contributed by atoms with E-state index in [2.05, 4.69) is 22.1 Å². The van der Waals surface area contributed by atoms with E-state index in [1.165, 1.54) is 24.3 Å². The summed E-state index contributed by atoms with van der Waals surface area (Å²) < 4.78 is 5.48. The number of likely N-dealkylation sites (tertiary alicyclic amines) is 1. The highest BCUT2D eigenvalue weighted by Crippen LogP contribution is 2.18. The van der Waals surface area contributed by atoms with E-state index in [9.17, 15) is 15.2 Å². The SMILES string of the molecule is CCNC(=NCC(O)COc1ccc([N+](=O)[O-])cc1)N1CCC(C)CC1.I. The number of benzene rings is 1. The van der Waals surface area contributed by atoms with Crippen LogP contribution in [0.25, 0.3) is 0 Å². The van der Waals surface area contributed by atoms with Gasteiger partial charge < -0.3 is 20.1 Å². The Morgan fingerprint density at radius 1 is 1.41 bits per heavy atom. The van der Waals surface area contributed by atoms with Crippen molar-refractivity contribution < 1.29 is 14.8 Å². The number of nitrogens with zero attached hydrogens (tertiary/aromatic N) is 3. The molecular formula is C18H29IN4O4. The van der Waals surface area contributed by atoms with E-state index in [1.54, 1.807) is 0 Å². The normalized spacial score (nSPS) is 16.4. The van der Waals surface area contributed by atoms with Crippen molar-refractivity contribution in [1.29, 1.82) is 0 Å². The molecule has 0 aliphatic carbocycles. The maximum absolute atomic E-state index is 10.6. The minimum Gasteiger partial charge on any atom is -0.491 e. The monoisotopic (exact) mass is 492 g/mol. The Balaban J connectivity index is 0.00000364. The zero-order chi connectivity index (χ0) is 18.9. The van der Waals surface area contributed by atoms with Crippen LogP contribution in [0.3, 0.4) is 0 Å². The largest absolute Gasteiger partial charge is 0.491 e. The average Bonchev–Trinajstić information content (AvgIpc) is 2.64. The van der Waals surface area contributed by atoms with Crippen LogP contribution >= 0.6 is 24.0 Å². The number of halogens is 1. The van der Waals surface area contributed by atoms with Crippen molar-refractivity contribution in [2.75, 3.05) is 32.8 Å². The molecule has 0 bridgehead atoms. The molecule has 2 N–H and O–H groups in total. The minimum absolute atomic E-state index is 0. The van der Waals surface area contributed by atoms with E-state index < -0.39 is 11.0 Å². The molecule has 1 unspecified atom stereocenters. The Hall–Kier alpha value is -1.62. The fourth-order valence-electron chi connectivity index (χ4n) is 2.75. The Morgan fingerprint density at radius 3 is 2.59 bits per heavy atom. The molecule has 9 heteroatoms. The van der Waals surface area contributed by atoms with Gasteiger partial charge in [-0.15, -0.1) is 24.0 Å². The maximum atomic E-state index is 10.6. The standard InChI is InChI=1S/C18H28N4O4.HI/c1-3-19-18(21-10-8-14(2)9-11-21)20-12-16(23)13-26-17-6-4-15(5-7-17)22(24)25;/h4-7,14,16,23H,3,8-13H2,1-2H3,(H,19,20);1H. The van der Waals surface area contributed by atoms with Gasteiger partial charge in [-0.3, -0.25) is 15.1 Å². The number of aliphatic imine (C=N–C) groups is 1. The number of nitro groups is 1. The van der Waals surface area contributed by atoms with Gasteiger partial charge in [0.25, 0.3) is 5.69 Å². The molecule has 1 aromatic carbocycles. The van der Waals surface area contributed by atoms with Gasteiger partial charge in [-0.1, -0.05) is 6.92 Å². The number of guanidine groups is 1. The number of aliphatic hydroxyl groups excluding tert-OH is 1. The number of ether oxygens (including phenoxy) is 1. The topological polar surface area (TPSA) is 100 Å². The van der Waals surface area contributed by atoms with Crippen molar-refractivity contribution >= 4 is 35.6 Å². The first-order valence-corrected chi connectivity index (χ1v) is 9.08. The van der Waals surface area contributed by atoms with E-state index in [-0.39, 0.29) is 42.8 Å². The summed E-state index contributed by atoms with van der Waals surface area (Å²) in [4.78, 5) is 16.9. The van der Waals surface area contributed by atoms with Gasteiger partial charge in [0, 0.05) is 31.8 Å². The van der Waals surface area contributed by atoms with Crippen LogP contribution < -0.4 is 10.1 Å². The lowest BCUT2D eigenvalue weighted by Gasteiger charge is -2.33. The molecule has 8 nitrogen and oxygen atoms in total. The molecule has 1 aliphatic rings. The van der Waals surface area contributed by atoms with Crippen LogP contribution in [0.1, 0.15) is 26.7 Å². The van der Waals surface area contributed by atoms with Crippen LogP contribution in [0, 0.1) is 16.0 Å². The molecule has 1 atom stereocenters. The van der Waals surface area contributed by atoms with E-state index in [0.717, 1.165) is 44.4 Å². The second kappa shape index (κ2) is 12.0. The molecule has 2 rings (SSSR count). The van der Waals surface area contributed by atoms with Crippen molar-refractivity contribution in [3.05, 3.63) is 34.4 Å². The summed E-state index contributed by atoms with van der Waals surface area (Å²) in [5.74, 6) is 2.05. The summed E-state index contributed by atoms with van der Waals surface area (Å²) in [6, 6.07) is 5.79. The fraction of sp³-hybridized carbons (Fsp3) is 0.611. The van der Waals surface area contributed by atoms with Gasteiger partial charge in [0.2, 0.25) is 0 Å². The number of non-ortho nitro benzene ring substituents is 1. The predicted octanol–water partition coefficient (Wildman–Crippen LogP) is 2.65. The van der Waals surface area contributed by atoms with E-state index in [1.807, 2.05) is 6.92 Å². The zero-order valence-corrected chi connectivity index (χ0v) is 18.2. The molecule has 27 heavy (non-hydrogen) atoms. The zero-order valence-electron chi connectivity index (χ0n) is 15.8. The van der Waals surface area contributed by atoms with Crippen LogP contribution in [0.4, 0.5) is 5.69 Å². The Labute approximate surface area is 177 Å². The van der Waals surface area contributed by atoms with Crippen LogP contribution in [-0.2, 0) is 0 Å².